The van der Waals surface area contributed by atoms with Gasteiger partial charge >= 0.3 is 6.61 Å². The van der Waals surface area contributed by atoms with Crippen molar-refractivity contribution in [2.24, 2.45) is 0 Å². The van der Waals surface area contributed by atoms with E-state index in [0.717, 1.165) is 10.6 Å². The highest BCUT2D eigenvalue weighted by atomic mass is 32.1. The molecule has 0 aliphatic rings. The van der Waals surface area contributed by atoms with Gasteiger partial charge in [0, 0.05) is 22.3 Å². The van der Waals surface area contributed by atoms with Gasteiger partial charge in [0.05, 0.1) is 6.54 Å². The van der Waals surface area contributed by atoms with Crippen molar-refractivity contribution in [1.82, 2.24) is 0 Å². The van der Waals surface area contributed by atoms with Crippen LogP contribution >= 0.6 is 11.3 Å². The van der Waals surface area contributed by atoms with Crippen LogP contribution in [0.15, 0.2) is 35.7 Å². The Balaban J connectivity index is 1.99. The number of hydrogen-bond donors (Lipinski definition) is 2. The molecule has 0 radical (unpaired) electrons. The lowest BCUT2D eigenvalue weighted by Crippen LogP contribution is -2.03. The first-order chi connectivity index (χ1) is 8.65. The Bertz CT molecular complexity index is 516. The quantitative estimate of drug-likeness (QED) is 0.873. The van der Waals surface area contributed by atoms with Crippen LogP contribution in [0.3, 0.4) is 0 Å². The highest BCUT2D eigenvalue weighted by Gasteiger charge is 2.05. The lowest BCUT2D eigenvalue weighted by atomic mass is 10.3. The molecule has 0 fully saturated rings. The first kappa shape index (κ1) is 12.6. The maximum Gasteiger partial charge on any atom is 0.387 e. The fraction of sp³-hybridized carbons (Fsp3) is 0.167. The maximum atomic E-state index is 12.1. The topological polar surface area (TPSA) is 47.3 Å². The second-order valence-corrected chi connectivity index (χ2v) is 4.56. The van der Waals surface area contributed by atoms with Crippen LogP contribution in [0.1, 0.15) is 4.88 Å². The number of anilines is 2. The van der Waals surface area contributed by atoms with Crippen molar-refractivity contribution in [3.05, 3.63) is 40.6 Å². The van der Waals surface area contributed by atoms with E-state index in [4.69, 9.17) is 5.73 Å². The Kier molecular flexibility index (Phi) is 3.99. The molecule has 2 aromatic rings. The summed E-state index contributed by atoms with van der Waals surface area (Å²) >= 11 is 1.54. The van der Waals surface area contributed by atoms with E-state index >= 15 is 0 Å². The summed E-state index contributed by atoms with van der Waals surface area (Å²) in [6.45, 7) is -2.25. The van der Waals surface area contributed by atoms with Crippen molar-refractivity contribution >= 4 is 22.7 Å². The first-order valence-electron chi connectivity index (χ1n) is 5.26. The molecule has 0 unspecified atom stereocenters. The van der Waals surface area contributed by atoms with E-state index in [1.54, 1.807) is 23.5 Å². The van der Waals surface area contributed by atoms with Gasteiger partial charge in [-0.25, -0.2) is 0 Å². The second-order valence-electron chi connectivity index (χ2n) is 3.56. The number of nitrogens with two attached hydrogens (primary N) is 1. The Morgan fingerprint density at radius 3 is 2.83 bits per heavy atom. The van der Waals surface area contributed by atoms with Crippen LogP contribution in [-0.4, -0.2) is 6.61 Å². The summed E-state index contributed by atoms with van der Waals surface area (Å²) in [4.78, 5) is 1.01. The van der Waals surface area contributed by atoms with Crippen LogP contribution in [0, 0.1) is 0 Å². The van der Waals surface area contributed by atoms with E-state index < -0.39 is 6.61 Å². The molecule has 96 valence electrons. The fourth-order valence-corrected chi connectivity index (χ4v) is 2.20. The Labute approximate surface area is 107 Å². The average molecular weight is 270 g/mol. The van der Waals surface area contributed by atoms with E-state index in [9.17, 15) is 8.78 Å². The third-order valence-electron chi connectivity index (χ3n) is 2.29. The van der Waals surface area contributed by atoms with Gasteiger partial charge in [0.15, 0.2) is 0 Å². The zero-order chi connectivity index (χ0) is 13.0. The molecule has 0 amide bonds. The molecule has 1 heterocycles. The number of halogens is 2. The lowest BCUT2D eigenvalue weighted by molar-refractivity contribution is -0.0498. The number of thiophene rings is 1. The van der Waals surface area contributed by atoms with Gasteiger partial charge in [0.1, 0.15) is 5.75 Å². The smallest absolute Gasteiger partial charge is 0.387 e. The van der Waals surface area contributed by atoms with Crippen molar-refractivity contribution in [2.75, 3.05) is 11.1 Å². The molecule has 3 nitrogen and oxygen atoms in total. The van der Waals surface area contributed by atoms with Gasteiger partial charge in [-0.2, -0.15) is 8.78 Å². The highest BCUT2D eigenvalue weighted by Crippen LogP contribution is 2.23. The lowest BCUT2D eigenvalue weighted by Gasteiger charge is -2.08. The SMILES string of the molecule is Nc1ccsc1CNc1cccc(OC(F)F)c1. The third-order valence-corrected chi connectivity index (χ3v) is 3.23. The summed E-state index contributed by atoms with van der Waals surface area (Å²) in [6.07, 6.45) is 0. The molecule has 0 saturated carbocycles. The van der Waals surface area contributed by atoms with Crippen molar-refractivity contribution in [1.29, 1.82) is 0 Å². The van der Waals surface area contributed by atoms with Crippen molar-refractivity contribution in [2.45, 2.75) is 13.2 Å². The standard InChI is InChI=1S/C12H12F2N2OS/c13-12(14)17-9-3-1-2-8(6-9)16-7-11-10(15)4-5-18-11/h1-6,12,16H,7,15H2. The molecule has 0 aliphatic heterocycles. The second kappa shape index (κ2) is 5.68. The summed E-state index contributed by atoms with van der Waals surface area (Å²) in [5.41, 5.74) is 7.19. The third kappa shape index (κ3) is 3.33. The van der Waals surface area contributed by atoms with Crippen LogP contribution < -0.4 is 15.8 Å². The maximum absolute atomic E-state index is 12.1. The summed E-state index contributed by atoms with van der Waals surface area (Å²) in [6, 6.07) is 8.27. The number of benzene rings is 1. The van der Waals surface area contributed by atoms with Crippen LogP contribution in [0.25, 0.3) is 0 Å². The van der Waals surface area contributed by atoms with Gasteiger partial charge < -0.3 is 15.8 Å². The zero-order valence-corrected chi connectivity index (χ0v) is 10.2. The highest BCUT2D eigenvalue weighted by molar-refractivity contribution is 7.10. The van der Waals surface area contributed by atoms with E-state index in [0.29, 0.717) is 12.2 Å². The predicted molar refractivity (Wildman–Crippen MR) is 69.1 cm³/mol. The molecule has 0 atom stereocenters. The minimum absolute atomic E-state index is 0.133. The molecule has 1 aromatic heterocycles. The number of ether oxygens (including phenoxy) is 1. The van der Waals surface area contributed by atoms with Crippen molar-refractivity contribution in [3.63, 3.8) is 0 Å². The van der Waals surface area contributed by atoms with Crippen molar-refractivity contribution in [3.8, 4) is 5.75 Å². The van der Waals surface area contributed by atoms with E-state index in [1.807, 2.05) is 11.4 Å². The molecule has 0 saturated heterocycles. The predicted octanol–water partition coefficient (Wildman–Crippen LogP) is 3.54. The average Bonchev–Trinajstić information content (AvgIpc) is 2.72. The number of hydrogen-bond acceptors (Lipinski definition) is 4. The number of nitrogens with one attached hydrogen (secondary N) is 1. The van der Waals surface area contributed by atoms with E-state index in [-0.39, 0.29) is 5.75 Å². The summed E-state index contributed by atoms with van der Waals surface area (Å²) in [7, 11) is 0. The van der Waals surface area contributed by atoms with E-state index in [1.165, 1.54) is 12.1 Å². The Morgan fingerprint density at radius 2 is 2.17 bits per heavy atom. The molecule has 2 rings (SSSR count). The van der Waals surface area contributed by atoms with Crippen LogP contribution in [0.2, 0.25) is 0 Å². The Hall–Kier alpha value is -1.82. The monoisotopic (exact) mass is 270 g/mol. The van der Waals surface area contributed by atoms with Crippen LogP contribution in [0.4, 0.5) is 20.2 Å². The van der Waals surface area contributed by atoms with Gasteiger partial charge in [0.2, 0.25) is 0 Å². The summed E-state index contributed by atoms with van der Waals surface area (Å²) in [5, 5.41) is 5.01. The largest absolute Gasteiger partial charge is 0.435 e. The number of alkyl halides is 2. The molecular formula is C12H12F2N2OS. The van der Waals surface area contributed by atoms with Gasteiger partial charge in [-0.05, 0) is 23.6 Å². The minimum Gasteiger partial charge on any atom is -0.435 e. The van der Waals surface area contributed by atoms with Gasteiger partial charge in [-0.1, -0.05) is 6.07 Å². The molecule has 0 spiro atoms. The van der Waals surface area contributed by atoms with Crippen LogP contribution in [0.5, 0.6) is 5.75 Å². The molecular weight excluding hydrogens is 258 g/mol. The normalized spacial score (nSPS) is 10.6. The zero-order valence-electron chi connectivity index (χ0n) is 9.40. The summed E-state index contributed by atoms with van der Waals surface area (Å²) < 4.78 is 28.4. The van der Waals surface area contributed by atoms with Gasteiger partial charge in [-0.15, -0.1) is 11.3 Å². The molecule has 18 heavy (non-hydrogen) atoms. The molecule has 0 aliphatic carbocycles. The van der Waals surface area contributed by atoms with Gasteiger partial charge in [0.25, 0.3) is 0 Å². The van der Waals surface area contributed by atoms with Crippen molar-refractivity contribution < 1.29 is 13.5 Å². The molecule has 6 heteroatoms. The minimum atomic E-state index is -2.81. The van der Waals surface area contributed by atoms with Gasteiger partial charge in [-0.3, -0.25) is 0 Å². The number of nitrogen functional groups attached to an aromatic ring is 1. The number of rotatable bonds is 5. The van der Waals surface area contributed by atoms with E-state index in [2.05, 4.69) is 10.1 Å². The molecule has 3 N–H and O–H groups in total. The summed E-state index contributed by atoms with van der Waals surface area (Å²) in [5.74, 6) is 0.133. The molecule has 1 aromatic carbocycles. The first-order valence-corrected chi connectivity index (χ1v) is 6.13. The Morgan fingerprint density at radius 1 is 1.33 bits per heavy atom. The van der Waals surface area contributed by atoms with Crippen LogP contribution in [-0.2, 0) is 6.54 Å². The fourth-order valence-electron chi connectivity index (χ4n) is 1.46. The molecule has 0 bridgehead atoms.